The Hall–Kier alpha value is -0.290. The number of rotatable bonds is 4. The first-order valence-electron chi connectivity index (χ1n) is 5.73. The summed E-state index contributed by atoms with van der Waals surface area (Å²) in [5, 5.41) is 9.86. The number of hydrogen-bond donors (Lipinski definition) is 1. The van der Waals surface area contributed by atoms with Crippen molar-refractivity contribution in [1.82, 2.24) is 4.90 Å². The molecular formula is C11H20F3NO. The highest BCUT2D eigenvalue weighted by Gasteiger charge is 2.38. The van der Waals surface area contributed by atoms with E-state index in [1.54, 1.807) is 0 Å². The van der Waals surface area contributed by atoms with Crippen LogP contribution in [0.3, 0.4) is 0 Å². The third kappa shape index (κ3) is 3.63. The molecule has 1 atom stereocenters. The number of halogens is 3. The Morgan fingerprint density at radius 1 is 1.19 bits per heavy atom. The predicted molar refractivity (Wildman–Crippen MR) is 56.2 cm³/mol. The molecule has 0 aliphatic carbocycles. The fraction of sp³-hybridized carbons (Fsp3) is 1.00. The molecule has 0 spiro atoms. The molecule has 5 heteroatoms. The summed E-state index contributed by atoms with van der Waals surface area (Å²) in [7, 11) is 0. The minimum atomic E-state index is -4.18. The average molecular weight is 239 g/mol. The lowest BCUT2D eigenvalue weighted by Gasteiger charge is -2.39. The van der Waals surface area contributed by atoms with Gasteiger partial charge in [0.15, 0.2) is 0 Å². The Kier molecular flexibility index (Phi) is 4.23. The van der Waals surface area contributed by atoms with Gasteiger partial charge < -0.3 is 5.11 Å². The smallest absolute Gasteiger partial charge is 0.389 e. The zero-order valence-corrected chi connectivity index (χ0v) is 9.85. The lowest BCUT2D eigenvalue weighted by molar-refractivity contribution is -0.144. The monoisotopic (exact) mass is 239 g/mol. The van der Waals surface area contributed by atoms with Gasteiger partial charge in [-0.1, -0.05) is 0 Å². The molecule has 1 saturated heterocycles. The number of alkyl halides is 3. The summed E-state index contributed by atoms with van der Waals surface area (Å²) >= 11 is 0. The van der Waals surface area contributed by atoms with Crippen molar-refractivity contribution in [1.29, 1.82) is 0 Å². The minimum Gasteiger partial charge on any atom is -0.391 e. The van der Waals surface area contributed by atoms with Gasteiger partial charge in [0.1, 0.15) is 0 Å². The van der Waals surface area contributed by atoms with E-state index in [2.05, 4.69) is 4.90 Å². The molecule has 1 fully saturated rings. The quantitative estimate of drug-likeness (QED) is 0.815. The number of aliphatic hydroxyl groups is 1. The fourth-order valence-corrected chi connectivity index (χ4v) is 2.16. The number of likely N-dealkylation sites (tertiary alicyclic amines) is 1. The highest BCUT2D eigenvalue weighted by atomic mass is 19.4. The van der Waals surface area contributed by atoms with E-state index in [0.29, 0.717) is 0 Å². The van der Waals surface area contributed by atoms with Gasteiger partial charge >= 0.3 is 6.18 Å². The van der Waals surface area contributed by atoms with Gasteiger partial charge in [-0.15, -0.1) is 0 Å². The SMILES string of the molecule is CC(C)(C(O)CCC(F)(F)F)N1CCCC1. The molecule has 1 rings (SSSR count). The maximum absolute atomic E-state index is 12.1. The first kappa shape index (κ1) is 13.8. The van der Waals surface area contributed by atoms with Crippen molar-refractivity contribution >= 4 is 0 Å². The van der Waals surface area contributed by atoms with Crippen molar-refractivity contribution in [2.24, 2.45) is 0 Å². The number of aliphatic hydroxyl groups excluding tert-OH is 1. The van der Waals surface area contributed by atoms with Gasteiger partial charge in [-0.05, 0) is 46.2 Å². The van der Waals surface area contributed by atoms with Gasteiger partial charge in [-0.2, -0.15) is 13.2 Å². The van der Waals surface area contributed by atoms with Gasteiger partial charge in [-0.3, -0.25) is 4.90 Å². The molecule has 0 amide bonds. The van der Waals surface area contributed by atoms with Gasteiger partial charge in [-0.25, -0.2) is 0 Å². The van der Waals surface area contributed by atoms with Gasteiger partial charge in [0.25, 0.3) is 0 Å². The van der Waals surface area contributed by atoms with Crippen LogP contribution in [0.1, 0.15) is 39.5 Å². The Balaban J connectivity index is 2.47. The summed E-state index contributed by atoms with van der Waals surface area (Å²) in [6.07, 6.45) is -4.10. The van der Waals surface area contributed by atoms with Crippen LogP contribution in [0.4, 0.5) is 13.2 Å². The van der Waals surface area contributed by atoms with Gasteiger partial charge in [0.2, 0.25) is 0 Å². The van der Waals surface area contributed by atoms with E-state index in [4.69, 9.17) is 0 Å². The van der Waals surface area contributed by atoms with Crippen molar-refractivity contribution in [3.05, 3.63) is 0 Å². The van der Waals surface area contributed by atoms with Crippen LogP contribution < -0.4 is 0 Å². The third-order valence-corrected chi connectivity index (χ3v) is 3.44. The maximum atomic E-state index is 12.1. The highest BCUT2D eigenvalue weighted by Crippen LogP contribution is 2.29. The predicted octanol–water partition coefficient (Wildman–Crippen LogP) is 2.56. The molecule has 1 unspecified atom stereocenters. The van der Waals surface area contributed by atoms with Gasteiger partial charge in [0, 0.05) is 12.0 Å². The summed E-state index contributed by atoms with van der Waals surface area (Å²) in [5.41, 5.74) is -0.554. The summed E-state index contributed by atoms with van der Waals surface area (Å²) in [6, 6.07) is 0. The van der Waals surface area contributed by atoms with Crippen molar-refractivity contribution < 1.29 is 18.3 Å². The van der Waals surface area contributed by atoms with E-state index in [0.717, 1.165) is 25.9 Å². The van der Waals surface area contributed by atoms with Crippen LogP contribution in [-0.4, -0.2) is 40.9 Å². The van der Waals surface area contributed by atoms with E-state index in [-0.39, 0.29) is 6.42 Å². The molecular weight excluding hydrogens is 219 g/mol. The first-order chi connectivity index (χ1) is 7.23. The normalized spacial score (nSPS) is 21.4. The van der Waals surface area contributed by atoms with Crippen LogP contribution in [0.2, 0.25) is 0 Å². The molecule has 1 aliphatic heterocycles. The molecule has 16 heavy (non-hydrogen) atoms. The molecule has 0 saturated carbocycles. The summed E-state index contributed by atoms with van der Waals surface area (Å²) in [6.45, 7) is 5.38. The Bertz CT molecular complexity index is 222. The minimum absolute atomic E-state index is 0.215. The molecule has 1 heterocycles. The van der Waals surface area contributed by atoms with Gasteiger partial charge in [0.05, 0.1) is 6.10 Å². The molecule has 2 nitrogen and oxygen atoms in total. The second-order valence-corrected chi connectivity index (χ2v) is 5.02. The summed E-state index contributed by atoms with van der Waals surface area (Å²) in [5.74, 6) is 0. The Morgan fingerprint density at radius 3 is 2.12 bits per heavy atom. The molecule has 0 aromatic rings. The van der Waals surface area contributed by atoms with Crippen molar-refractivity contribution in [3.8, 4) is 0 Å². The molecule has 1 aliphatic rings. The van der Waals surface area contributed by atoms with Crippen LogP contribution in [0.15, 0.2) is 0 Å². The second-order valence-electron chi connectivity index (χ2n) is 5.02. The van der Waals surface area contributed by atoms with Crippen LogP contribution in [0, 0.1) is 0 Å². The van der Waals surface area contributed by atoms with Crippen LogP contribution in [0.25, 0.3) is 0 Å². The maximum Gasteiger partial charge on any atom is 0.389 e. The first-order valence-corrected chi connectivity index (χ1v) is 5.73. The molecule has 0 radical (unpaired) electrons. The Labute approximate surface area is 94.4 Å². The summed E-state index contributed by atoms with van der Waals surface area (Å²) in [4.78, 5) is 2.08. The topological polar surface area (TPSA) is 23.5 Å². The Morgan fingerprint density at radius 2 is 1.69 bits per heavy atom. The largest absolute Gasteiger partial charge is 0.391 e. The molecule has 0 aromatic heterocycles. The number of hydrogen-bond acceptors (Lipinski definition) is 2. The van der Waals surface area contributed by atoms with Crippen molar-refractivity contribution in [3.63, 3.8) is 0 Å². The van der Waals surface area contributed by atoms with E-state index >= 15 is 0 Å². The van der Waals surface area contributed by atoms with E-state index < -0.39 is 24.2 Å². The van der Waals surface area contributed by atoms with E-state index in [1.807, 2.05) is 13.8 Å². The second kappa shape index (κ2) is 4.92. The van der Waals surface area contributed by atoms with Crippen LogP contribution >= 0.6 is 0 Å². The molecule has 0 bridgehead atoms. The number of nitrogens with zero attached hydrogens (tertiary/aromatic N) is 1. The zero-order chi connectivity index (χ0) is 12.4. The van der Waals surface area contributed by atoms with Crippen molar-refractivity contribution in [2.45, 2.75) is 57.3 Å². The fourth-order valence-electron chi connectivity index (χ4n) is 2.16. The lowest BCUT2D eigenvalue weighted by atomic mass is 9.92. The van der Waals surface area contributed by atoms with E-state index in [9.17, 15) is 18.3 Å². The van der Waals surface area contributed by atoms with Crippen LogP contribution in [0.5, 0.6) is 0 Å². The zero-order valence-electron chi connectivity index (χ0n) is 9.85. The molecule has 1 N–H and O–H groups in total. The highest BCUT2D eigenvalue weighted by molar-refractivity contribution is 4.91. The van der Waals surface area contributed by atoms with E-state index in [1.165, 1.54) is 0 Å². The van der Waals surface area contributed by atoms with Crippen molar-refractivity contribution in [2.75, 3.05) is 13.1 Å². The molecule has 0 aromatic carbocycles. The van der Waals surface area contributed by atoms with Crippen LogP contribution in [-0.2, 0) is 0 Å². The summed E-state index contributed by atoms with van der Waals surface area (Å²) < 4.78 is 36.2. The molecule has 96 valence electrons. The standard InChI is InChI=1S/C11H20F3NO/c1-10(2,15-7-3-4-8-15)9(16)5-6-11(12,13)14/h9,16H,3-8H2,1-2H3. The third-order valence-electron chi connectivity index (χ3n) is 3.44. The lowest BCUT2D eigenvalue weighted by Crippen LogP contribution is -2.51. The average Bonchev–Trinajstić information content (AvgIpc) is 2.65.